The number of hydrogen-bond donors (Lipinski definition) is 0. The van der Waals surface area contributed by atoms with Crippen LogP contribution in [0.25, 0.3) is 17.2 Å². The Morgan fingerprint density at radius 2 is 1.23 bits per heavy atom. The van der Waals surface area contributed by atoms with Crippen LogP contribution in [-0.4, -0.2) is 13.1 Å². The molecule has 0 aliphatic heterocycles. The minimum atomic E-state index is -0.355. The van der Waals surface area contributed by atoms with Gasteiger partial charge in [-0.15, -0.1) is 0 Å². The van der Waals surface area contributed by atoms with Crippen LogP contribution in [0, 0.1) is 0 Å². The summed E-state index contributed by atoms with van der Waals surface area (Å²) in [6.45, 7) is 0. The van der Waals surface area contributed by atoms with Gasteiger partial charge in [0.05, 0.1) is 12.7 Å². The standard InChI is InChI=1S/C24H20O2/c1-26-24(25)23(21-15-9-4-10-16-21)18-22(20-13-7-3-8-14-20)17-19-11-5-2-6-12-19/h2-18H,1H3/b22-17+,23-18+. The van der Waals surface area contributed by atoms with E-state index in [0.717, 1.165) is 22.3 Å². The molecular formula is C24H20O2. The van der Waals surface area contributed by atoms with E-state index in [1.54, 1.807) is 0 Å². The van der Waals surface area contributed by atoms with Crippen LogP contribution in [0.3, 0.4) is 0 Å². The summed E-state index contributed by atoms with van der Waals surface area (Å²) < 4.78 is 5.02. The number of ether oxygens (including phenoxy) is 1. The molecule has 26 heavy (non-hydrogen) atoms. The summed E-state index contributed by atoms with van der Waals surface area (Å²) in [5, 5.41) is 0. The molecule has 128 valence electrons. The van der Waals surface area contributed by atoms with E-state index in [9.17, 15) is 4.79 Å². The van der Waals surface area contributed by atoms with Crippen LogP contribution in [0.5, 0.6) is 0 Å². The predicted octanol–water partition coefficient (Wildman–Crippen LogP) is 5.48. The highest BCUT2D eigenvalue weighted by atomic mass is 16.5. The molecule has 2 heteroatoms. The zero-order valence-corrected chi connectivity index (χ0v) is 14.6. The fraction of sp³-hybridized carbons (Fsp3) is 0.0417. The summed E-state index contributed by atoms with van der Waals surface area (Å²) in [7, 11) is 1.40. The molecule has 0 aliphatic carbocycles. The van der Waals surface area contributed by atoms with Crippen molar-refractivity contribution >= 4 is 23.2 Å². The Morgan fingerprint density at radius 1 is 0.731 bits per heavy atom. The molecule has 0 saturated heterocycles. The Hall–Kier alpha value is -3.39. The second kappa shape index (κ2) is 8.63. The summed E-state index contributed by atoms with van der Waals surface area (Å²) in [5.41, 5.74) is 4.41. The molecule has 0 radical (unpaired) electrons. The van der Waals surface area contributed by atoms with E-state index in [1.807, 2.05) is 97.1 Å². The lowest BCUT2D eigenvalue weighted by atomic mass is 9.97. The normalized spacial score (nSPS) is 11.9. The van der Waals surface area contributed by atoms with Crippen molar-refractivity contribution in [1.29, 1.82) is 0 Å². The Kier molecular flexibility index (Phi) is 5.79. The highest BCUT2D eigenvalue weighted by Gasteiger charge is 2.13. The molecule has 0 spiro atoms. The molecule has 0 atom stereocenters. The first-order chi connectivity index (χ1) is 12.8. The SMILES string of the molecule is COC(=O)/C(=C/C(=C\c1ccccc1)c1ccccc1)c1ccccc1. The first-order valence-corrected chi connectivity index (χ1v) is 8.45. The molecule has 0 aromatic heterocycles. The van der Waals surface area contributed by atoms with E-state index in [-0.39, 0.29) is 5.97 Å². The van der Waals surface area contributed by atoms with Gasteiger partial charge < -0.3 is 4.74 Å². The van der Waals surface area contributed by atoms with E-state index in [1.165, 1.54) is 7.11 Å². The predicted molar refractivity (Wildman–Crippen MR) is 107 cm³/mol. The van der Waals surface area contributed by atoms with Crippen molar-refractivity contribution < 1.29 is 9.53 Å². The van der Waals surface area contributed by atoms with E-state index >= 15 is 0 Å². The monoisotopic (exact) mass is 340 g/mol. The summed E-state index contributed by atoms with van der Waals surface area (Å²) in [4.78, 5) is 12.4. The third-order valence-corrected chi connectivity index (χ3v) is 4.02. The fourth-order valence-corrected chi connectivity index (χ4v) is 2.71. The van der Waals surface area contributed by atoms with E-state index < -0.39 is 0 Å². The number of allylic oxidation sites excluding steroid dienone is 2. The molecule has 0 heterocycles. The molecule has 0 amide bonds. The molecule has 2 nitrogen and oxygen atoms in total. The molecule has 0 N–H and O–H groups in total. The van der Waals surface area contributed by atoms with Crippen LogP contribution < -0.4 is 0 Å². The number of carbonyl (C=O) groups is 1. The largest absolute Gasteiger partial charge is 0.465 e. The maximum Gasteiger partial charge on any atom is 0.338 e. The Balaban J connectivity index is 2.15. The maximum absolute atomic E-state index is 12.4. The topological polar surface area (TPSA) is 26.3 Å². The number of rotatable bonds is 5. The maximum atomic E-state index is 12.4. The average molecular weight is 340 g/mol. The zero-order chi connectivity index (χ0) is 18.2. The van der Waals surface area contributed by atoms with Crippen LogP contribution in [0.1, 0.15) is 16.7 Å². The fourth-order valence-electron chi connectivity index (χ4n) is 2.71. The van der Waals surface area contributed by atoms with Crippen molar-refractivity contribution in [3.63, 3.8) is 0 Å². The summed E-state index contributed by atoms with van der Waals surface area (Å²) in [6.07, 6.45) is 3.96. The van der Waals surface area contributed by atoms with E-state index in [4.69, 9.17) is 4.74 Å². The highest BCUT2D eigenvalue weighted by Crippen LogP contribution is 2.25. The second-order valence-corrected chi connectivity index (χ2v) is 5.79. The van der Waals surface area contributed by atoms with Crippen molar-refractivity contribution in [2.75, 3.05) is 7.11 Å². The van der Waals surface area contributed by atoms with Gasteiger partial charge in [-0.2, -0.15) is 0 Å². The molecule has 3 rings (SSSR count). The van der Waals surface area contributed by atoms with Crippen molar-refractivity contribution in [2.24, 2.45) is 0 Å². The lowest BCUT2D eigenvalue weighted by Gasteiger charge is -2.09. The number of benzene rings is 3. The van der Waals surface area contributed by atoms with Gasteiger partial charge in [0.15, 0.2) is 0 Å². The highest BCUT2D eigenvalue weighted by molar-refractivity contribution is 6.19. The van der Waals surface area contributed by atoms with Gasteiger partial charge >= 0.3 is 5.97 Å². The molecule has 0 unspecified atom stereocenters. The van der Waals surface area contributed by atoms with E-state index in [0.29, 0.717) is 5.57 Å². The lowest BCUT2D eigenvalue weighted by molar-refractivity contribution is -0.133. The van der Waals surface area contributed by atoms with Gasteiger partial charge in [0.2, 0.25) is 0 Å². The molecular weight excluding hydrogens is 320 g/mol. The summed E-state index contributed by atoms with van der Waals surface area (Å²) >= 11 is 0. The van der Waals surface area contributed by atoms with Crippen molar-refractivity contribution in [3.05, 3.63) is 114 Å². The number of esters is 1. The smallest absolute Gasteiger partial charge is 0.338 e. The van der Waals surface area contributed by atoms with Crippen LogP contribution in [0.2, 0.25) is 0 Å². The van der Waals surface area contributed by atoms with Gasteiger partial charge in [0.1, 0.15) is 0 Å². The molecule has 0 saturated carbocycles. The van der Waals surface area contributed by atoms with Crippen LogP contribution in [0.4, 0.5) is 0 Å². The lowest BCUT2D eigenvalue weighted by Crippen LogP contribution is -2.04. The van der Waals surface area contributed by atoms with Gasteiger partial charge in [-0.1, -0.05) is 91.0 Å². The summed E-state index contributed by atoms with van der Waals surface area (Å²) in [6, 6.07) is 29.6. The molecule has 0 aliphatic rings. The van der Waals surface area contributed by atoms with Gasteiger partial charge in [0, 0.05) is 0 Å². The van der Waals surface area contributed by atoms with Crippen LogP contribution >= 0.6 is 0 Å². The minimum absolute atomic E-state index is 0.355. The van der Waals surface area contributed by atoms with Gasteiger partial charge in [0.25, 0.3) is 0 Å². The Labute approximate surface area is 154 Å². The van der Waals surface area contributed by atoms with Crippen LogP contribution in [-0.2, 0) is 9.53 Å². The van der Waals surface area contributed by atoms with Gasteiger partial charge in [-0.05, 0) is 34.4 Å². The Bertz CT molecular complexity index is 908. The second-order valence-electron chi connectivity index (χ2n) is 5.79. The number of carbonyl (C=O) groups excluding carboxylic acids is 1. The summed E-state index contributed by atoms with van der Waals surface area (Å²) in [5.74, 6) is -0.355. The first kappa shape index (κ1) is 17.4. The van der Waals surface area contributed by atoms with Crippen molar-refractivity contribution in [2.45, 2.75) is 0 Å². The quantitative estimate of drug-likeness (QED) is 0.266. The van der Waals surface area contributed by atoms with Gasteiger partial charge in [-0.3, -0.25) is 0 Å². The number of hydrogen-bond acceptors (Lipinski definition) is 2. The average Bonchev–Trinajstić information content (AvgIpc) is 2.72. The van der Waals surface area contributed by atoms with Crippen molar-refractivity contribution in [3.8, 4) is 0 Å². The molecule has 0 bridgehead atoms. The van der Waals surface area contributed by atoms with Crippen molar-refractivity contribution in [1.82, 2.24) is 0 Å². The number of methoxy groups -OCH3 is 1. The molecule has 3 aromatic rings. The third-order valence-electron chi connectivity index (χ3n) is 4.02. The third kappa shape index (κ3) is 4.37. The van der Waals surface area contributed by atoms with E-state index in [2.05, 4.69) is 6.08 Å². The first-order valence-electron chi connectivity index (χ1n) is 8.45. The Morgan fingerprint density at radius 3 is 1.77 bits per heavy atom. The van der Waals surface area contributed by atoms with Gasteiger partial charge in [-0.25, -0.2) is 4.79 Å². The van der Waals surface area contributed by atoms with Crippen LogP contribution in [0.15, 0.2) is 97.1 Å². The zero-order valence-electron chi connectivity index (χ0n) is 14.6. The molecule has 3 aromatic carbocycles. The molecule has 0 fully saturated rings. The minimum Gasteiger partial charge on any atom is -0.465 e.